The first-order valence-electron chi connectivity index (χ1n) is 22.5. The predicted molar refractivity (Wildman–Crippen MR) is 269 cm³/mol. The maximum atomic E-state index is 12.5. The molecular formula is C59H56N2O5. The summed E-state index contributed by atoms with van der Waals surface area (Å²) in [7, 11) is 0. The molecule has 0 atom stereocenters. The van der Waals surface area contributed by atoms with E-state index in [1.165, 1.54) is 0 Å². The van der Waals surface area contributed by atoms with Crippen LogP contribution in [0.5, 0.6) is 34.5 Å². The van der Waals surface area contributed by atoms with E-state index in [1.807, 2.05) is 106 Å². The van der Waals surface area contributed by atoms with Gasteiger partial charge in [0, 0.05) is 34.1 Å². The maximum absolute atomic E-state index is 12.5. The number of carbonyl (C=O) groups excluding carboxylic acids is 1. The summed E-state index contributed by atoms with van der Waals surface area (Å²) < 4.78 is 24.1. The third-order valence-corrected chi connectivity index (χ3v) is 11.8. The molecule has 0 N–H and O–H groups in total. The van der Waals surface area contributed by atoms with Crippen LogP contribution in [0, 0.1) is 5.41 Å². The third-order valence-electron chi connectivity index (χ3n) is 11.8. The number of nitrogens with zero attached hydrogens (tertiary/aromatic N) is 2. The Morgan fingerprint density at radius 2 is 0.682 bits per heavy atom. The van der Waals surface area contributed by atoms with Crippen molar-refractivity contribution < 1.29 is 23.7 Å². The van der Waals surface area contributed by atoms with E-state index < -0.39 is 5.41 Å². The van der Waals surface area contributed by atoms with Crippen molar-refractivity contribution in [3.8, 4) is 45.6 Å². The van der Waals surface area contributed by atoms with Crippen molar-refractivity contribution in [3.63, 3.8) is 0 Å². The van der Waals surface area contributed by atoms with Gasteiger partial charge in [0.1, 0.15) is 40.1 Å². The minimum atomic E-state index is -0.545. The summed E-state index contributed by atoms with van der Waals surface area (Å²) in [4.78, 5) is 17.0. The number of rotatable bonds is 17. The van der Waals surface area contributed by atoms with Crippen molar-refractivity contribution in [1.82, 2.24) is 0 Å². The molecule has 0 unspecified atom stereocenters. The Hall–Kier alpha value is -7.77. The van der Waals surface area contributed by atoms with E-state index in [4.69, 9.17) is 18.9 Å². The number of esters is 1. The van der Waals surface area contributed by atoms with Crippen molar-refractivity contribution in [3.05, 3.63) is 206 Å². The van der Waals surface area contributed by atoms with Gasteiger partial charge < -0.3 is 28.7 Å². The number of para-hydroxylation sites is 2. The van der Waals surface area contributed by atoms with Crippen molar-refractivity contribution in [2.75, 3.05) is 9.80 Å². The Bertz CT molecular complexity index is 2790. The van der Waals surface area contributed by atoms with Crippen LogP contribution in [0.25, 0.3) is 11.1 Å². The summed E-state index contributed by atoms with van der Waals surface area (Å²) in [5.74, 6) is 3.91. The Balaban J connectivity index is 0.967. The summed E-state index contributed by atoms with van der Waals surface area (Å²) in [5.41, 5.74) is 7.61. The van der Waals surface area contributed by atoms with Gasteiger partial charge in [-0.05, 0) is 197 Å². The zero-order valence-electron chi connectivity index (χ0n) is 38.5. The number of anilines is 6. The normalized spacial score (nSPS) is 11.4. The van der Waals surface area contributed by atoms with Gasteiger partial charge in [0.2, 0.25) is 0 Å². The summed E-state index contributed by atoms with van der Waals surface area (Å²) in [5, 5.41) is 0. The van der Waals surface area contributed by atoms with E-state index >= 15 is 0 Å². The van der Waals surface area contributed by atoms with Crippen molar-refractivity contribution in [2.45, 2.75) is 60.0 Å². The minimum Gasteiger partial charge on any atom is -0.488 e. The van der Waals surface area contributed by atoms with E-state index in [2.05, 4.69) is 140 Å². The molecule has 0 fully saturated rings. The molecule has 8 aromatic rings. The second-order valence-electron chi connectivity index (χ2n) is 17.4. The Kier molecular flexibility index (Phi) is 13.6. The van der Waals surface area contributed by atoms with E-state index in [0.29, 0.717) is 23.7 Å². The lowest BCUT2D eigenvalue weighted by atomic mass is 9.91. The molecule has 0 bridgehead atoms. The van der Waals surface area contributed by atoms with E-state index in [0.717, 1.165) is 68.9 Å². The summed E-state index contributed by atoms with van der Waals surface area (Å²) in [6.45, 7) is 12.0. The van der Waals surface area contributed by atoms with E-state index in [1.54, 1.807) is 12.1 Å². The van der Waals surface area contributed by atoms with Crippen LogP contribution in [0.3, 0.4) is 0 Å². The molecule has 0 amide bonds. The molecule has 0 aliphatic heterocycles. The average molecular weight is 873 g/mol. The van der Waals surface area contributed by atoms with Gasteiger partial charge in [-0.1, -0.05) is 74.5 Å². The predicted octanol–water partition coefficient (Wildman–Crippen LogP) is 16.8. The van der Waals surface area contributed by atoms with Gasteiger partial charge in [-0.3, -0.25) is 4.79 Å². The van der Waals surface area contributed by atoms with Gasteiger partial charge in [0.15, 0.2) is 0 Å². The summed E-state index contributed by atoms with van der Waals surface area (Å²) in [6.07, 6.45) is 1.61. The molecule has 7 heteroatoms. The smallest absolute Gasteiger partial charge is 0.316 e. The van der Waals surface area contributed by atoms with E-state index in [-0.39, 0.29) is 11.6 Å². The fraction of sp³-hybridized carbons (Fsp3) is 0.169. The maximum Gasteiger partial charge on any atom is 0.316 e. The zero-order chi connectivity index (χ0) is 46.1. The highest BCUT2D eigenvalue weighted by atomic mass is 16.5. The Labute approximate surface area is 389 Å². The van der Waals surface area contributed by atoms with Crippen LogP contribution in [-0.2, 0) is 4.79 Å². The van der Waals surface area contributed by atoms with Crippen molar-refractivity contribution in [2.24, 2.45) is 5.41 Å². The standard InChI is InChI=1S/C59H56N2O5/c1-7-58(3,4)57(62)65-55-37-35-53(36-38-55)63-51-31-27-49(28-32-51)60(45-15-11-9-12-16-45)47-23-19-43(20-24-47)44-21-25-48(26-22-44)61(46-17-13-10-14-18-46)50-29-33-52(34-30-50)64-54-39-41-56(42-40-54)66-59(5,6)8-2/h9-42H,7-8H2,1-6H3. The van der Waals surface area contributed by atoms with Crippen LogP contribution in [0.4, 0.5) is 34.1 Å². The number of benzene rings is 8. The van der Waals surface area contributed by atoms with Crippen LogP contribution >= 0.6 is 0 Å². The summed E-state index contributed by atoms with van der Waals surface area (Å²) in [6, 6.07) is 69.2. The molecule has 8 aromatic carbocycles. The third kappa shape index (κ3) is 10.9. The first-order valence-corrected chi connectivity index (χ1v) is 22.5. The van der Waals surface area contributed by atoms with Gasteiger partial charge in [0.05, 0.1) is 5.41 Å². The Morgan fingerprint density at radius 3 is 1.03 bits per heavy atom. The highest BCUT2D eigenvalue weighted by Gasteiger charge is 2.27. The van der Waals surface area contributed by atoms with Gasteiger partial charge in [0.25, 0.3) is 0 Å². The zero-order valence-corrected chi connectivity index (χ0v) is 38.5. The SMILES string of the molecule is CCC(C)(C)Oc1ccc(Oc2ccc(N(c3ccccc3)c3ccc(-c4ccc(N(c5ccccc5)c5ccc(Oc6ccc(OC(=O)C(C)(C)CC)cc6)cc5)cc4)cc3)cc2)cc1. The highest BCUT2D eigenvalue weighted by molar-refractivity contribution is 5.81. The van der Waals surface area contributed by atoms with Crippen LogP contribution in [0.2, 0.25) is 0 Å². The number of carbonyl (C=O) groups is 1. The van der Waals surface area contributed by atoms with Crippen molar-refractivity contribution in [1.29, 1.82) is 0 Å². The fourth-order valence-corrected chi connectivity index (χ4v) is 7.19. The van der Waals surface area contributed by atoms with Crippen LogP contribution < -0.4 is 28.7 Å². The molecule has 7 nitrogen and oxygen atoms in total. The second kappa shape index (κ2) is 20.0. The number of hydrogen-bond donors (Lipinski definition) is 0. The lowest BCUT2D eigenvalue weighted by molar-refractivity contribution is -0.144. The lowest BCUT2D eigenvalue weighted by Crippen LogP contribution is -2.28. The Morgan fingerprint density at radius 1 is 0.379 bits per heavy atom. The number of ether oxygens (including phenoxy) is 4. The molecule has 0 radical (unpaired) electrons. The molecule has 0 aromatic heterocycles. The van der Waals surface area contributed by atoms with Crippen LogP contribution in [0.1, 0.15) is 54.4 Å². The first kappa shape index (κ1) is 44.8. The fourth-order valence-electron chi connectivity index (χ4n) is 7.19. The van der Waals surface area contributed by atoms with Crippen molar-refractivity contribution >= 4 is 40.1 Å². The van der Waals surface area contributed by atoms with Gasteiger partial charge in [-0.2, -0.15) is 0 Å². The molecule has 66 heavy (non-hydrogen) atoms. The minimum absolute atomic E-state index is 0.223. The molecular weight excluding hydrogens is 817 g/mol. The monoisotopic (exact) mass is 872 g/mol. The molecule has 332 valence electrons. The van der Waals surface area contributed by atoms with E-state index in [9.17, 15) is 4.79 Å². The molecule has 0 spiro atoms. The van der Waals surface area contributed by atoms with Gasteiger partial charge >= 0.3 is 5.97 Å². The highest BCUT2D eigenvalue weighted by Crippen LogP contribution is 2.40. The van der Waals surface area contributed by atoms with Gasteiger partial charge in [-0.15, -0.1) is 0 Å². The van der Waals surface area contributed by atoms with Gasteiger partial charge in [-0.25, -0.2) is 0 Å². The quantitative estimate of drug-likeness (QED) is 0.0667. The lowest BCUT2D eigenvalue weighted by Gasteiger charge is -2.26. The first-order chi connectivity index (χ1) is 32.0. The average Bonchev–Trinajstić information content (AvgIpc) is 3.35. The second-order valence-corrected chi connectivity index (χ2v) is 17.4. The molecule has 0 aliphatic rings. The number of hydrogen-bond acceptors (Lipinski definition) is 7. The molecule has 0 heterocycles. The molecule has 0 saturated heterocycles. The largest absolute Gasteiger partial charge is 0.488 e. The molecule has 8 rings (SSSR count). The summed E-state index contributed by atoms with van der Waals surface area (Å²) >= 11 is 0. The van der Waals surface area contributed by atoms with Crippen LogP contribution in [-0.4, -0.2) is 11.6 Å². The molecule has 0 aliphatic carbocycles. The van der Waals surface area contributed by atoms with Crippen LogP contribution in [0.15, 0.2) is 206 Å². The topological polar surface area (TPSA) is 60.5 Å². The molecule has 0 saturated carbocycles.